The Hall–Kier alpha value is -5.87. The van der Waals surface area contributed by atoms with Crippen LogP contribution in [0.5, 0.6) is 28.7 Å². The molecule has 0 saturated heterocycles. The van der Waals surface area contributed by atoms with Crippen molar-refractivity contribution in [3.63, 3.8) is 0 Å². The van der Waals surface area contributed by atoms with Crippen LogP contribution in [0.2, 0.25) is 5.02 Å². The Kier molecular flexibility index (Phi) is 12.0. The van der Waals surface area contributed by atoms with Crippen LogP contribution in [-0.2, 0) is 19.2 Å². The Morgan fingerprint density at radius 2 is 1.17 bits per heavy atom. The monoisotopic (exact) mass is 736 g/mol. The highest BCUT2D eigenvalue weighted by atomic mass is 35.5. The molecular weight excluding hydrogens is 700 g/mol. The number of aliphatic hydroxyl groups is 1. The summed E-state index contributed by atoms with van der Waals surface area (Å²) in [6, 6.07) is 10.7. The second-order valence-electron chi connectivity index (χ2n) is 12.4. The van der Waals surface area contributed by atoms with Crippen LogP contribution in [-0.4, -0.2) is 70.9 Å². The number of nitrogens with two attached hydrogens (primary N) is 1. The Morgan fingerprint density at radius 3 is 1.69 bits per heavy atom. The van der Waals surface area contributed by atoms with Gasteiger partial charge in [0.2, 0.25) is 11.8 Å². The van der Waals surface area contributed by atoms with Gasteiger partial charge in [-0.15, -0.1) is 0 Å². The van der Waals surface area contributed by atoms with Crippen molar-refractivity contribution in [1.29, 1.82) is 0 Å². The number of carboxylic acids is 1. The molecule has 0 spiro atoms. The van der Waals surface area contributed by atoms with Gasteiger partial charge < -0.3 is 52.1 Å². The molecule has 15 nitrogen and oxygen atoms in total. The van der Waals surface area contributed by atoms with E-state index in [0.29, 0.717) is 0 Å². The third kappa shape index (κ3) is 9.26. The quantitative estimate of drug-likeness (QED) is 0.0890. The molecule has 4 rings (SSSR count). The second kappa shape index (κ2) is 16.0. The van der Waals surface area contributed by atoms with Gasteiger partial charge in [-0.05, 0) is 84.6 Å². The maximum Gasteiger partial charge on any atom is 0.325 e. The normalized spacial score (nSPS) is 14.3. The molecule has 2 amide bonds. The third-order valence-corrected chi connectivity index (χ3v) is 8.45. The van der Waals surface area contributed by atoms with E-state index in [-0.39, 0.29) is 44.5 Å². The number of carbonyl (C=O) groups is 4. The first kappa shape index (κ1) is 38.9. The summed E-state index contributed by atoms with van der Waals surface area (Å²) < 4.78 is 0. The van der Waals surface area contributed by atoms with E-state index in [0.717, 1.165) is 30.3 Å². The molecule has 0 heterocycles. The van der Waals surface area contributed by atoms with Crippen molar-refractivity contribution >= 4 is 35.2 Å². The largest absolute Gasteiger partial charge is 0.508 e. The van der Waals surface area contributed by atoms with Crippen molar-refractivity contribution in [2.24, 2.45) is 5.73 Å². The van der Waals surface area contributed by atoms with Crippen LogP contribution >= 0.6 is 11.6 Å². The van der Waals surface area contributed by atoms with Gasteiger partial charge in [-0.25, -0.2) is 0 Å². The van der Waals surface area contributed by atoms with Gasteiger partial charge in [0.25, 0.3) is 0 Å². The van der Waals surface area contributed by atoms with Gasteiger partial charge in [-0.3, -0.25) is 24.5 Å². The minimum atomic E-state index is -1.89. The van der Waals surface area contributed by atoms with Crippen molar-refractivity contribution in [3.8, 4) is 28.7 Å². The lowest BCUT2D eigenvalue weighted by Gasteiger charge is -2.35. The fourth-order valence-electron chi connectivity index (χ4n) is 5.35. The Bertz CT molecular complexity index is 1930. The first-order valence-corrected chi connectivity index (χ1v) is 15.9. The smallest absolute Gasteiger partial charge is 0.325 e. The molecule has 4 aromatic rings. The number of ketones is 1. The predicted molar refractivity (Wildman–Crippen MR) is 186 cm³/mol. The number of carbonyl (C=O) groups excluding carboxylic acids is 3. The molecule has 0 bridgehead atoms. The van der Waals surface area contributed by atoms with E-state index in [1.54, 1.807) is 0 Å². The molecule has 12 N–H and O–H groups in total. The van der Waals surface area contributed by atoms with E-state index in [2.05, 4.69) is 16.0 Å². The van der Waals surface area contributed by atoms with Crippen LogP contribution in [0.25, 0.3) is 0 Å². The highest BCUT2D eigenvalue weighted by Gasteiger charge is 2.43. The van der Waals surface area contributed by atoms with Crippen LogP contribution < -0.4 is 21.7 Å². The first-order chi connectivity index (χ1) is 24.4. The molecule has 0 aromatic heterocycles. The van der Waals surface area contributed by atoms with Gasteiger partial charge in [-0.1, -0.05) is 41.9 Å². The lowest BCUT2D eigenvalue weighted by molar-refractivity contribution is -0.142. The van der Waals surface area contributed by atoms with E-state index in [4.69, 9.17) is 17.3 Å². The number of nitrogens with one attached hydrogen (secondary N) is 3. The van der Waals surface area contributed by atoms with Gasteiger partial charge in [0, 0.05) is 6.07 Å². The van der Waals surface area contributed by atoms with E-state index in [1.807, 2.05) is 0 Å². The lowest BCUT2D eigenvalue weighted by atomic mass is 9.86. The third-order valence-electron chi connectivity index (χ3n) is 8.15. The summed E-state index contributed by atoms with van der Waals surface area (Å²) in [6.07, 6.45) is -1.88. The molecular formula is C36H37ClN4O11. The van der Waals surface area contributed by atoms with Crippen molar-refractivity contribution in [1.82, 2.24) is 16.0 Å². The number of benzene rings is 4. The number of aliphatic carboxylic acids is 1. The highest BCUT2D eigenvalue weighted by molar-refractivity contribution is 6.32. The molecule has 0 aliphatic carbocycles. The summed E-state index contributed by atoms with van der Waals surface area (Å²) in [7, 11) is 0. The van der Waals surface area contributed by atoms with Crippen molar-refractivity contribution < 1.29 is 54.9 Å². The molecule has 0 aliphatic rings. The van der Waals surface area contributed by atoms with Gasteiger partial charge >= 0.3 is 5.97 Å². The molecule has 0 aliphatic heterocycles. The second-order valence-corrected chi connectivity index (χ2v) is 12.8. The van der Waals surface area contributed by atoms with Crippen molar-refractivity contribution in [2.75, 3.05) is 0 Å². The molecule has 0 saturated carbocycles. The summed E-state index contributed by atoms with van der Waals surface area (Å²) >= 11 is 6.08. The Balaban J connectivity index is 1.73. The minimum absolute atomic E-state index is 0.0375. The zero-order chi connectivity index (χ0) is 38.5. The summed E-state index contributed by atoms with van der Waals surface area (Å²) in [5.74, 6) is -5.85. The van der Waals surface area contributed by atoms with E-state index < -0.39 is 70.9 Å². The maximum atomic E-state index is 14.4. The van der Waals surface area contributed by atoms with Crippen LogP contribution in [0.3, 0.4) is 0 Å². The number of hydrogen-bond donors (Lipinski definition) is 11. The van der Waals surface area contributed by atoms with Crippen molar-refractivity contribution in [3.05, 3.63) is 112 Å². The number of phenolic OH excluding ortho intramolecular Hbond substituents is 5. The fraction of sp³-hybridized carbons (Fsp3) is 0.222. The van der Waals surface area contributed by atoms with Gasteiger partial charge in [-0.2, -0.15) is 0 Å². The fourth-order valence-corrected chi connectivity index (χ4v) is 5.54. The topological polar surface area (TPSA) is 272 Å². The van der Waals surface area contributed by atoms with Crippen LogP contribution in [0.15, 0.2) is 84.9 Å². The number of rotatable bonds is 14. The van der Waals surface area contributed by atoms with E-state index in [1.165, 1.54) is 68.4 Å². The summed E-state index contributed by atoms with van der Waals surface area (Å²) in [5, 5.41) is 78.5. The van der Waals surface area contributed by atoms with Gasteiger partial charge in [0.05, 0.1) is 10.6 Å². The molecule has 16 heteroatoms. The molecule has 5 unspecified atom stereocenters. The van der Waals surface area contributed by atoms with Crippen LogP contribution in [0.1, 0.15) is 60.3 Å². The zero-order valence-corrected chi connectivity index (χ0v) is 28.4. The summed E-state index contributed by atoms with van der Waals surface area (Å²) in [4.78, 5) is 54.2. The van der Waals surface area contributed by atoms with Gasteiger partial charge in [0.15, 0.2) is 5.78 Å². The zero-order valence-electron chi connectivity index (χ0n) is 27.7. The summed E-state index contributed by atoms with van der Waals surface area (Å²) in [6.45, 7) is 2.55. The first-order valence-electron chi connectivity index (χ1n) is 15.6. The molecule has 52 heavy (non-hydrogen) atoms. The standard InChI is InChI=1S/C36H37ClN4O11/c1-36(2,41-29(35(51)52)20-13-23(44)16-24(45)14-20)32(48)30(31(47)19-7-12-26(46)25(37)15-19)40-34(50)28(18-5-10-22(43)11-6-18)39-33(49)27(38)17-3-8-21(42)9-4-17/h3-16,27-31,41-47H,38H2,1-2H3,(H,39,49)(H,40,50)(H,51,52). The maximum absolute atomic E-state index is 14.4. The molecule has 274 valence electrons. The highest BCUT2D eigenvalue weighted by Crippen LogP contribution is 2.32. The SMILES string of the molecule is CC(C)(NC(C(=O)O)c1cc(O)cc(O)c1)C(=O)C(NC(=O)C(NC(=O)C(N)c1ccc(O)cc1)c1ccc(O)cc1)C(O)c1ccc(O)c(Cl)c1. The van der Waals surface area contributed by atoms with Crippen molar-refractivity contribution in [2.45, 2.75) is 49.7 Å². The molecule has 5 atom stereocenters. The number of halogens is 1. The number of aromatic hydroxyl groups is 5. The number of aliphatic hydroxyl groups excluding tert-OH is 1. The number of carboxylic acid groups (broad SMARTS) is 1. The molecule has 0 radical (unpaired) electrons. The lowest BCUT2D eigenvalue weighted by Crippen LogP contribution is -2.60. The minimum Gasteiger partial charge on any atom is -0.508 e. The van der Waals surface area contributed by atoms with E-state index >= 15 is 0 Å². The average molecular weight is 737 g/mol. The Morgan fingerprint density at radius 1 is 0.654 bits per heavy atom. The predicted octanol–water partition coefficient (Wildman–Crippen LogP) is 2.71. The number of hydrogen-bond acceptors (Lipinski definition) is 12. The average Bonchev–Trinajstić information content (AvgIpc) is 3.08. The van der Waals surface area contributed by atoms with Gasteiger partial charge in [0.1, 0.15) is 59.0 Å². The Labute approximate surface area is 301 Å². The summed E-state index contributed by atoms with van der Waals surface area (Å²) in [5.41, 5.74) is 4.51. The number of amides is 2. The number of phenols is 5. The van der Waals surface area contributed by atoms with Crippen LogP contribution in [0.4, 0.5) is 0 Å². The van der Waals surface area contributed by atoms with E-state index in [9.17, 15) is 54.9 Å². The molecule has 4 aromatic carbocycles. The molecule has 0 fully saturated rings. The van der Waals surface area contributed by atoms with Crippen LogP contribution in [0, 0.1) is 0 Å². The number of Topliss-reactive ketones (excluding diaryl/α,β-unsaturated/α-hetero) is 1.